The maximum Gasteiger partial charge on any atom is 0.269 e. The molecular weight excluding hydrogens is 328 g/mol. The summed E-state index contributed by atoms with van der Waals surface area (Å²) in [4.78, 5) is 25.6. The van der Waals surface area contributed by atoms with Crippen molar-refractivity contribution in [1.29, 1.82) is 0 Å². The SMILES string of the molecule is CNC(=O)c1c(NC(=O)[C@H]2COc3ccccc3O2)sc(C)c1C. The largest absolute Gasteiger partial charge is 0.485 e. The fourth-order valence-electron chi connectivity index (χ4n) is 2.45. The first-order chi connectivity index (χ1) is 11.5. The Hall–Kier alpha value is -2.54. The standard InChI is InChI=1S/C17H18N2O4S/c1-9-10(2)24-17(14(9)16(21)18-3)19-15(20)13-8-22-11-6-4-5-7-12(11)23-13/h4-7,13H,8H2,1-3H3,(H,18,21)(H,19,20)/t13-/m1/s1. The van der Waals surface area contributed by atoms with Gasteiger partial charge in [-0.05, 0) is 31.5 Å². The summed E-state index contributed by atoms with van der Waals surface area (Å²) in [6, 6.07) is 7.21. The first-order valence-corrected chi connectivity index (χ1v) is 8.34. The van der Waals surface area contributed by atoms with Gasteiger partial charge in [0.2, 0.25) is 6.10 Å². The number of ether oxygens (including phenoxy) is 2. The van der Waals surface area contributed by atoms with Gasteiger partial charge >= 0.3 is 0 Å². The number of para-hydroxylation sites is 2. The predicted molar refractivity (Wildman–Crippen MR) is 92.2 cm³/mol. The third-order valence-corrected chi connectivity index (χ3v) is 5.00. The highest BCUT2D eigenvalue weighted by molar-refractivity contribution is 7.16. The molecule has 2 aromatic rings. The number of nitrogens with one attached hydrogen (secondary N) is 2. The number of amides is 2. The number of hydrogen-bond acceptors (Lipinski definition) is 5. The lowest BCUT2D eigenvalue weighted by Crippen LogP contribution is -2.40. The number of thiophene rings is 1. The molecule has 0 spiro atoms. The van der Waals surface area contributed by atoms with Crippen molar-refractivity contribution in [2.24, 2.45) is 0 Å². The van der Waals surface area contributed by atoms with Crippen molar-refractivity contribution >= 4 is 28.2 Å². The summed E-state index contributed by atoms with van der Waals surface area (Å²) in [7, 11) is 1.56. The molecule has 1 atom stereocenters. The third kappa shape index (κ3) is 2.94. The average Bonchev–Trinajstić information content (AvgIpc) is 2.87. The van der Waals surface area contributed by atoms with Crippen LogP contribution in [0.25, 0.3) is 0 Å². The number of rotatable bonds is 3. The maximum absolute atomic E-state index is 12.5. The molecule has 126 valence electrons. The van der Waals surface area contributed by atoms with Gasteiger partial charge in [-0.25, -0.2) is 0 Å². The Labute approximate surface area is 143 Å². The van der Waals surface area contributed by atoms with Gasteiger partial charge in [-0.3, -0.25) is 9.59 Å². The van der Waals surface area contributed by atoms with Crippen molar-refractivity contribution in [3.05, 3.63) is 40.3 Å². The number of anilines is 1. The Bertz CT molecular complexity index is 800. The molecule has 24 heavy (non-hydrogen) atoms. The Kier molecular flexibility index (Phi) is 4.44. The van der Waals surface area contributed by atoms with Gasteiger partial charge in [0.05, 0.1) is 5.56 Å². The van der Waals surface area contributed by atoms with E-state index < -0.39 is 6.10 Å². The molecule has 2 heterocycles. The van der Waals surface area contributed by atoms with Crippen LogP contribution < -0.4 is 20.1 Å². The molecule has 0 unspecified atom stereocenters. The molecule has 1 aromatic carbocycles. The Morgan fingerprint density at radius 1 is 1.21 bits per heavy atom. The van der Waals surface area contributed by atoms with Gasteiger partial charge < -0.3 is 20.1 Å². The third-order valence-electron chi connectivity index (χ3n) is 3.88. The fourth-order valence-corrected chi connectivity index (χ4v) is 3.52. The fraction of sp³-hybridized carbons (Fsp3) is 0.294. The zero-order valence-corrected chi connectivity index (χ0v) is 14.5. The zero-order chi connectivity index (χ0) is 17.3. The van der Waals surface area contributed by atoms with Crippen LogP contribution in [-0.4, -0.2) is 31.6 Å². The molecule has 0 saturated heterocycles. The van der Waals surface area contributed by atoms with E-state index in [1.165, 1.54) is 11.3 Å². The lowest BCUT2D eigenvalue weighted by Gasteiger charge is -2.25. The molecule has 2 amide bonds. The lowest BCUT2D eigenvalue weighted by atomic mass is 10.1. The minimum Gasteiger partial charge on any atom is -0.485 e. The first kappa shape index (κ1) is 16.3. The summed E-state index contributed by atoms with van der Waals surface area (Å²) >= 11 is 1.37. The highest BCUT2D eigenvalue weighted by atomic mass is 32.1. The second kappa shape index (κ2) is 6.52. The summed E-state index contributed by atoms with van der Waals surface area (Å²) < 4.78 is 11.3. The van der Waals surface area contributed by atoms with E-state index in [0.717, 1.165) is 10.4 Å². The quantitative estimate of drug-likeness (QED) is 0.895. The molecule has 1 aliphatic heterocycles. The summed E-state index contributed by atoms with van der Waals surface area (Å²) in [5.41, 5.74) is 1.35. The van der Waals surface area contributed by atoms with Crippen LogP contribution in [-0.2, 0) is 4.79 Å². The normalized spacial score (nSPS) is 15.7. The topological polar surface area (TPSA) is 76.7 Å². The Morgan fingerprint density at radius 3 is 2.62 bits per heavy atom. The molecule has 1 aliphatic rings. The summed E-state index contributed by atoms with van der Waals surface area (Å²) in [6.07, 6.45) is -0.764. The lowest BCUT2D eigenvalue weighted by molar-refractivity contribution is -0.125. The highest BCUT2D eigenvalue weighted by Gasteiger charge is 2.29. The van der Waals surface area contributed by atoms with Gasteiger partial charge in [-0.2, -0.15) is 0 Å². The minimum absolute atomic E-state index is 0.126. The minimum atomic E-state index is -0.764. The van der Waals surface area contributed by atoms with E-state index in [1.807, 2.05) is 26.0 Å². The molecular formula is C17H18N2O4S. The van der Waals surface area contributed by atoms with Gasteiger partial charge in [0.25, 0.3) is 11.8 Å². The van der Waals surface area contributed by atoms with Crippen LogP contribution in [0.3, 0.4) is 0 Å². The van der Waals surface area contributed by atoms with E-state index >= 15 is 0 Å². The van der Waals surface area contributed by atoms with E-state index in [2.05, 4.69) is 10.6 Å². The molecule has 0 fully saturated rings. The smallest absolute Gasteiger partial charge is 0.269 e. The van der Waals surface area contributed by atoms with Crippen LogP contribution >= 0.6 is 11.3 Å². The molecule has 3 rings (SSSR count). The van der Waals surface area contributed by atoms with Crippen LogP contribution in [0.15, 0.2) is 24.3 Å². The van der Waals surface area contributed by atoms with E-state index in [0.29, 0.717) is 22.1 Å². The molecule has 0 bridgehead atoms. The molecule has 0 radical (unpaired) electrons. The zero-order valence-electron chi connectivity index (χ0n) is 13.6. The van der Waals surface area contributed by atoms with Crippen molar-refractivity contribution in [3.8, 4) is 11.5 Å². The van der Waals surface area contributed by atoms with E-state index in [9.17, 15) is 9.59 Å². The molecule has 0 aliphatic carbocycles. The number of aryl methyl sites for hydroxylation is 1. The van der Waals surface area contributed by atoms with Gasteiger partial charge in [-0.1, -0.05) is 12.1 Å². The molecule has 7 heteroatoms. The number of hydrogen-bond donors (Lipinski definition) is 2. The van der Waals surface area contributed by atoms with Crippen LogP contribution in [0, 0.1) is 13.8 Å². The van der Waals surface area contributed by atoms with E-state index in [1.54, 1.807) is 19.2 Å². The Balaban J connectivity index is 1.79. The molecule has 1 aromatic heterocycles. The number of carbonyl (C=O) groups excluding carboxylic acids is 2. The highest BCUT2D eigenvalue weighted by Crippen LogP contribution is 2.34. The average molecular weight is 346 g/mol. The van der Waals surface area contributed by atoms with Crippen molar-refractivity contribution < 1.29 is 19.1 Å². The molecule has 2 N–H and O–H groups in total. The molecule has 0 saturated carbocycles. The summed E-state index contributed by atoms with van der Waals surface area (Å²) in [6.45, 7) is 3.91. The van der Waals surface area contributed by atoms with E-state index in [4.69, 9.17) is 9.47 Å². The van der Waals surface area contributed by atoms with Crippen molar-refractivity contribution in [3.63, 3.8) is 0 Å². The van der Waals surface area contributed by atoms with Crippen LogP contribution in [0.2, 0.25) is 0 Å². The number of fused-ring (bicyclic) bond motifs is 1. The second-order valence-corrected chi connectivity index (χ2v) is 6.64. The molecule has 6 nitrogen and oxygen atoms in total. The van der Waals surface area contributed by atoms with E-state index in [-0.39, 0.29) is 18.4 Å². The number of carbonyl (C=O) groups is 2. The van der Waals surface area contributed by atoms with Gasteiger partial charge in [0.15, 0.2) is 11.5 Å². The number of benzene rings is 1. The summed E-state index contributed by atoms with van der Waals surface area (Å²) in [5, 5.41) is 5.93. The van der Waals surface area contributed by atoms with Crippen molar-refractivity contribution in [1.82, 2.24) is 5.32 Å². The monoisotopic (exact) mass is 346 g/mol. The van der Waals surface area contributed by atoms with Crippen LogP contribution in [0.5, 0.6) is 11.5 Å². The maximum atomic E-state index is 12.5. The van der Waals surface area contributed by atoms with Crippen molar-refractivity contribution in [2.75, 3.05) is 19.0 Å². The van der Waals surface area contributed by atoms with Crippen LogP contribution in [0.4, 0.5) is 5.00 Å². The van der Waals surface area contributed by atoms with Crippen molar-refractivity contribution in [2.45, 2.75) is 20.0 Å². The van der Waals surface area contributed by atoms with Gasteiger partial charge in [-0.15, -0.1) is 11.3 Å². The van der Waals surface area contributed by atoms with Gasteiger partial charge in [0.1, 0.15) is 11.6 Å². The predicted octanol–water partition coefficient (Wildman–Crippen LogP) is 2.50. The second-order valence-electron chi connectivity index (χ2n) is 5.42. The first-order valence-electron chi connectivity index (χ1n) is 7.52. The Morgan fingerprint density at radius 2 is 1.92 bits per heavy atom. The van der Waals surface area contributed by atoms with Crippen LogP contribution in [0.1, 0.15) is 20.8 Å². The summed E-state index contributed by atoms with van der Waals surface area (Å²) in [5.74, 6) is 0.596. The van der Waals surface area contributed by atoms with Gasteiger partial charge in [0, 0.05) is 11.9 Å².